The van der Waals surface area contributed by atoms with Gasteiger partial charge in [-0.2, -0.15) is 0 Å². The summed E-state index contributed by atoms with van der Waals surface area (Å²) < 4.78 is 39.2. The summed E-state index contributed by atoms with van der Waals surface area (Å²) in [6.45, 7) is 0. The van der Waals surface area contributed by atoms with Gasteiger partial charge in [0.15, 0.2) is 5.58 Å². The number of hydrogen-bond acceptors (Lipinski definition) is 5. The van der Waals surface area contributed by atoms with Crippen molar-refractivity contribution in [2.75, 3.05) is 11.8 Å². The molecule has 0 aliphatic heterocycles. The topological polar surface area (TPSA) is 90.5 Å². The highest BCUT2D eigenvalue weighted by Crippen LogP contribution is 2.32. The monoisotopic (exact) mass is 402 g/mol. The molecule has 1 heterocycles. The van der Waals surface area contributed by atoms with Crippen LogP contribution in [0.2, 0.25) is 10.0 Å². The molecule has 0 unspecified atom stereocenters. The van der Waals surface area contributed by atoms with Gasteiger partial charge in [-0.05, 0) is 24.3 Å². The van der Waals surface area contributed by atoms with Gasteiger partial charge in [-0.3, -0.25) is 9.29 Å². The molecule has 3 rings (SSSR count). The fraction of sp³-hybridized carbons (Fsp3) is 0.133. The molecule has 0 amide bonds. The van der Waals surface area contributed by atoms with Crippen LogP contribution in [0.1, 0.15) is 0 Å². The van der Waals surface area contributed by atoms with Crippen molar-refractivity contribution in [3.05, 3.63) is 50.9 Å². The lowest BCUT2D eigenvalue weighted by Crippen LogP contribution is -2.14. The van der Waals surface area contributed by atoms with E-state index in [1.165, 1.54) is 43.0 Å². The fourth-order valence-electron chi connectivity index (χ4n) is 2.29. The number of aryl methyl sites for hydroxylation is 1. The predicted molar refractivity (Wildman–Crippen MR) is 95.3 cm³/mol. The van der Waals surface area contributed by atoms with Gasteiger partial charge in [0, 0.05) is 18.1 Å². The standard InChI is InChI=1S/C15H12Cl2N2O5S/c1-19-11-7-14(9(17)6-13(11)24-15(19)20)25(21,22)18-10-5-8(16)3-4-12(10)23-2/h3-7,18H,1-2H3. The van der Waals surface area contributed by atoms with Gasteiger partial charge in [0.05, 0.1) is 23.3 Å². The number of halogens is 2. The Labute approximate surface area is 152 Å². The SMILES string of the molecule is COc1ccc(Cl)cc1NS(=O)(=O)c1cc2c(cc1Cl)oc(=O)n2C. The van der Waals surface area contributed by atoms with Crippen molar-refractivity contribution in [3.8, 4) is 5.75 Å². The predicted octanol–water partition coefficient (Wildman–Crippen LogP) is 3.25. The summed E-state index contributed by atoms with van der Waals surface area (Å²) in [5.41, 5.74) is 0.650. The number of nitrogens with zero attached hydrogens (tertiary/aromatic N) is 1. The Balaban J connectivity index is 2.13. The molecule has 0 fully saturated rings. The van der Waals surface area contributed by atoms with Crippen molar-refractivity contribution in [1.82, 2.24) is 4.57 Å². The Morgan fingerprint density at radius 1 is 1.20 bits per heavy atom. The first-order valence-corrected chi connectivity index (χ1v) is 9.12. The first-order chi connectivity index (χ1) is 11.7. The third-order valence-corrected chi connectivity index (χ3v) is 5.61. The maximum atomic E-state index is 12.8. The van der Waals surface area contributed by atoms with Gasteiger partial charge in [0.1, 0.15) is 10.6 Å². The van der Waals surface area contributed by atoms with E-state index in [9.17, 15) is 13.2 Å². The number of fused-ring (bicyclic) bond motifs is 1. The van der Waals surface area contributed by atoms with E-state index < -0.39 is 15.8 Å². The molecule has 0 aliphatic carbocycles. The van der Waals surface area contributed by atoms with E-state index in [0.29, 0.717) is 16.3 Å². The van der Waals surface area contributed by atoms with Gasteiger partial charge in [-0.15, -0.1) is 0 Å². The molecule has 0 atom stereocenters. The third kappa shape index (κ3) is 3.20. The van der Waals surface area contributed by atoms with E-state index in [1.54, 1.807) is 6.07 Å². The van der Waals surface area contributed by atoms with E-state index in [1.807, 2.05) is 0 Å². The zero-order valence-electron chi connectivity index (χ0n) is 13.0. The average Bonchev–Trinajstić information content (AvgIpc) is 2.80. The molecule has 1 aromatic heterocycles. The van der Waals surface area contributed by atoms with Gasteiger partial charge in [-0.1, -0.05) is 23.2 Å². The summed E-state index contributed by atoms with van der Waals surface area (Å²) in [7, 11) is -1.20. The minimum Gasteiger partial charge on any atom is -0.495 e. The smallest absolute Gasteiger partial charge is 0.419 e. The third-order valence-electron chi connectivity index (χ3n) is 3.54. The van der Waals surface area contributed by atoms with Crippen molar-refractivity contribution < 1.29 is 17.6 Å². The summed E-state index contributed by atoms with van der Waals surface area (Å²) in [5, 5.41) is 0.243. The van der Waals surface area contributed by atoms with Gasteiger partial charge in [-0.25, -0.2) is 13.2 Å². The van der Waals surface area contributed by atoms with E-state index in [2.05, 4.69) is 4.72 Å². The van der Waals surface area contributed by atoms with Gasteiger partial charge < -0.3 is 9.15 Å². The fourth-order valence-corrected chi connectivity index (χ4v) is 4.07. The number of nitrogens with one attached hydrogen (secondary N) is 1. The van der Waals surface area contributed by atoms with Crippen molar-refractivity contribution in [2.45, 2.75) is 4.90 Å². The summed E-state index contributed by atoms with van der Waals surface area (Å²) in [6, 6.07) is 7.06. The van der Waals surface area contributed by atoms with Gasteiger partial charge in [0.25, 0.3) is 10.0 Å². The molecule has 0 aliphatic rings. The highest BCUT2D eigenvalue weighted by Gasteiger charge is 2.22. The minimum absolute atomic E-state index is 0.0876. The summed E-state index contributed by atoms with van der Waals surface area (Å²) >= 11 is 12.0. The molecular weight excluding hydrogens is 391 g/mol. The molecule has 1 N–H and O–H groups in total. The second-order valence-electron chi connectivity index (χ2n) is 5.13. The van der Waals surface area contributed by atoms with E-state index in [0.717, 1.165) is 0 Å². The minimum atomic E-state index is -4.07. The maximum Gasteiger partial charge on any atom is 0.419 e. The molecular formula is C15H12Cl2N2O5S. The number of oxazole rings is 1. The van der Waals surface area contributed by atoms with Crippen LogP contribution in [-0.4, -0.2) is 20.1 Å². The molecule has 0 spiro atoms. The normalized spacial score (nSPS) is 11.7. The van der Waals surface area contributed by atoms with Crippen LogP contribution in [0.5, 0.6) is 5.75 Å². The zero-order chi connectivity index (χ0) is 18.4. The number of ether oxygens (including phenoxy) is 1. The van der Waals surface area contributed by atoms with Crippen molar-refractivity contribution in [3.63, 3.8) is 0 Å². The quantitative estimate of drug-likeness (QED) is 0.722. The van der Waals surface area contributed by atoms with E-state index in [-0.39, 0.29) is 21.2 Å². The molecule has 10 heteroatoms. The van der Waals surface area contributed by atoms with Crippen LogP contribution in [0.25, 0.3) is 11.1 Å². The average molecular weight is 403 g/mol. The van der Waals surface area contributed by atoms with Crippen LogP contribution in [0, 0.1) is 0 Å². The Kier molecular flexibility index (Phi) is 4.44. The number of aromatic nitrogens is 1. The number of methoxy groups -OCH3 is 1. The van der Waals surface area contributed by atoms with E-state index in [4.69, 9.17) is 32.4 Å². The maximum absolute atomic E-state index is 12.8. The zero-order valence-corrected chi connectivity index (χ0v) is 15.4. The second-order valence-corrected chi connectivity index (χ2v) is 7.62. The first kappa shape index (κ1) is 17.7. The molecule has 2 aromatic carbocycles. The second kappa shape index (κ2) is 6.29. The number of hydrogen-bond donors (Lipinski definition) is 1. The van der Waals surface area contributed by atoms with E-state index >= 15 is 0 Å². The van der Waals surface area contributed by atoms with Crippen LogP contribution < -0.4 is 15.2 Å². The Bertz CT molecular complexity index is 1130. The highest BCUT2D eigenvalue weighted by atomic mass is 35.5. The molecule has 25 heavy (non-hydrogen) atoms. The Morgan fingerprint density at radius 3 is 2.60 bits per heavy atom. The van der Waals surface area contributed by atoms with Crippen molar-refractivity contribution in [2.24, 2.45) is 7.05 Å². The molecule has 0 saturated carbocycles. The van der Waals surface area contributed by atoms with Crippen LogP contribution >= 0.6 is 23.2 Å². The summed E-state index contributed by atoms with van der Waals surface area (Å²) in [4.78, 5) is 11.4. The highest BCUT2D eigenvalue weighted by molar-refractivity contribution is 7.92. The first-order valence-electron chi connectivity index (χ1n) is 6.88. The lowest BCUT2D eigenvalue weighted by atomic mass is 10.3. The molecule has 3 aromatic rings. The van der Waals surface area contributed by atoms with Crippen LogP contribution in [0.4, 0.5) is 5.69 Å². The number of benzene rings is 2. The summed E-state index contributed by atoms with van der Waals surface area (Å²) in [5.74, 6) is -0.328. The molecule has 0 bridgehead atoms. The van der Waals surface area contributed by atoms with Crippen LogP contribution in [0.3, 0.4) is 0 Å². The molecule has 0 radical (unpaired) electrons. The van der Waals surface area contributed by atoms with Crippen molar-refractivity contribution >= 4 is 50.0 Å². The van der Waals surface area contributed by atoms with Gasteiger partial charge >= 0.3 is 5.76 Å². The summed E-state index contributed by atoms with van der Waals surface area (Å²) in [6.07, 6.45) is 0. The molecule has 132 valence electrons. The van der Waals surface area contributed by atoms with Crippen molar-refractivity contribution in [1.29, 1.82) is 0 Å². The number of rotatable bonds is 4. The van der Waals surface area contributed by atoms with Gasteiger partial charge in [0.2, 0.25) is 0 Å². The lowest BCUT2D eigenvalue weighted by molar-refractivity contribution is 0.417. The number of sulfonamides is 1. The van der Waals surface area contributed by atoms with Crippen LogP contribution in [0.15, 0.2) is 44.4 Å². The lowest BCUT2D eigenvalue weighted by Gasteiger charge is -2.13. The molecule has 7 nitrogen and oxygen atoms in total. The molecule has 0 saturated heterocycles. The Hall–Kier alpha value is -2.16. The number of anilines is 1. The largest absolute Gasteiger partial charge is 0.495 e. The Morgan fingerprint density at radius 2 is 1.92 bits per heavy atom. The van der Waals surface area contributed by atoms with Crippen LogP contribution in [-0.2, 0) is 17.1 Å².